The number of piperazine rings is 1. The summed E-state index contributed by atoms with van der Waals surface area (Å²) in [6.45, 7) is 10.6. The van der Waals surface area contributed by atoms with Gasteiger partial charge in [-0.05, 0) is 86.7 Å². The molecule has 2 fully saturated rings. The van der Waals surface area contributed by atoms with Gasteiger partial charge in [-0.3, -0.25) is 9.69 Å². The van der Waals surface area contributed by atoms with Crippen molar-refractivity contribution >= 4 is 5.91 Å². The van der Waals surface area contributed by atoms with E-state index in [9.17, 15) is 9.18 Å². The minimum absolute atomic E-state index is 0.105. The van der Waals surface area contributed by atoms with Crippen molar-refractivity contribution in [1.82, 2.24) is 14.7 Å². The smallest absolute Gasteiger partial charge is 0.253 e. The molecule has 0 unspecified atom stereocenters. The van der Waals surface area contributed by atoms with Crippen molar-refractivity contribution in [3.63, 3.8) is 0 Å². The lowest BCUT2D eigenvalue weighted by Gasteiger charge is -2.34. The van der Waals surface area contributed by atoms with Gasteiger partial charge >= 0.3 is 0 Å². The Labute approximate surface area is 238 Å². The van der Waals surface area contributed by atoms with Crippen LogP contribution in [0.1, 0.15) is 42.6 Å². The molecule has 0 spiro atoms. The van der Waals surface area contributed by atoms with Gasteiger partial charge in [0.2, 0.25) is 0 Å². The van der Waals surface area contributed by atoms with Crippen LogP contribution in [-0.4, -0.2) is 78.7 Å². The van der Waals surface area contributed by atoms with Gasteiger partial charge in [-0.15, -0.1) is 0 Å². The topological polar surface area (TPSA) is 36.0 Å². The second-order valence-corrected chi connectivity index (χ2v) is 11.9. The molecule has 2 heterocycles. The number of alkyl halides is 1. The average molecular weight is 544 g/mol. The third kappa shape index (κ3) is 7.92. The summed E-state index contributed by atoms with van der Waals surface area (Å²) in [5.74, 6) is 1.48. The Hall–Kier alpha value is -3.22. The second kappa shape index (κ2) is 13.0. The molecular formula is C34H42FN3O2. The van der Waals surface area contributed by atoms with Crippen molar-refractivity contribution in [3.8, 4) is 16.9 Å². The molecule has 0 aliphatic carbocycles. The van der Waals surface area contributed by atoms with Gasteiger partial charge < -0.3 is 14.5 Å². The van der Waals surface area contributed by atoms with Crippen LogP contribution in [0.2, 0.25) is 0 Å². The van der Waals surface area contributed by atoms with E-state index in [0.717, 1.165) is 81.1 Å². The summed E-state index contributed by atoms with van der Waals surface area (Å²) < 4.78 is 20.0. The van der Waals surface area contributed by atoms with Crippen LogP contribution in [0.5, 0.6) is 5.75 Å². The number of carbonyl (C=O) groups is 1. The molecule has 2 aliphatic rings. The fourth-order valence-corrected chi connectivity index (χ4v) is 5.74. The number of amides is 1. The van der Waals surface area contributed by atoms with Crippen molar-refractivity contribution in [1.29, 1.82) is 0 Å². The highest BCUT2D eigenvalue weighted by atomic mass is 19.1. The minimum Gasteiger partial charge on any atom is -0.493 e. The first-order valence-corrected chi connectivity index (χ1v) is 14.6. The zero-order valence-corrected chi connectivity index (χ0v) is 23.9. The SMILES string of the molecule is CC(C)(F)CN1CCC(COc2ccc(-c3ccc(C(=O)N4CCN(Cc5ccccc5)CC4)cc3)cc2)CC1. The number of piperidine rings is 1. The Morgan fingerprint density at radius 2 is 1.40 bits per heavy atom. The summed E-state index contributed by atoms with van der Waals surface area (Å²) >= 11 is 0. The molecule has 6 heteroatoms. The molecule has 0 aromatic heterocycles. The fraction of sp³-hybridized carbons (Fsp3) is 0.441. The van der Waals surface area contributed by atoms with E-state index in [-0.39, 0.29) is 5.91 Å². The molecular weight excluding hydrogens is 501 g/mol. The lowest BCUT2D eigenvalue weighted by molar-refractivity contribution is 0.0628. The highest BCUT2D eigenvalue weighted by Gasteiger charge is 2.26. The van der Waals surface area contributed by atoms with Crippen LogP contribution in [0, 0.1) is 5.92 Å². The highest BCUT2D eigenvalue weighted by molar-refractivity contribution is 5.94. The molecule has 3 aromatic carbocycles. The van der Waals surface area contributed by atoms with Crippen LogP contribution in [0.15, 0.2) is 78.9 Å². The van der Waals surface area contributed by atoms with Gasteiger partial charge in [0.05, 0.1) is 6.61 Å². The zero-order chi connectivity index (χ0) is 28.0. The number of nitrogens with zero attached hydrogens (tertiary/aromatic N) is 3. The van der Waals surface area contributed by atoms with E-state index >= 15 is 0 Å². The van der Waals surface area contributed by atoms with Crippen molar-refractivity contribution < 1.29 is 13.9 Å². The number of hydrogen-bond donors (Lipinski definition) is 0. The van der Waals surface area contributed by atoms with Gasteiger partial charge in [0, 0.05) is 44.8 Å². The molecule has 0 atom stereocenters. The molecule has 5 nitrogen and oxygen atoms in total. The van der Waals surface area contributed by atoms with E-state index in [0.29, 0.717) is 19.1 Å². The molecule has 1 amide bonds. The molecule has 3 aromatic rings. The molecule has 2 aliphatic heterocycles. The van der Waals surface area contributed by atoms with Crippen molar-refractivity contribution in [3.05, 3.63) is 90.0 Å². The van der Waals surface area contributed by atoms with Crippen molar-refractivity contribution in [2.45, 2.75) is 38.9 Å². The van der Waals surface area contributed by atoms with Gasteiger partial charge in [-0.25, -0.2) is 4.39 Å². The maximum absolute atomic E-state index is 13.9. The van der Waals surface area contributed by atoms with E-state index in [2.05, 4.69) is 46.2 Å². The summed E-state index contributed by atoms with van der Waals surface area (Å²) in [7, 11) is 0. The average Bonchev–Trinajstić information content (AvgIpc) is 2.97. The highest BCUT2D eigenvalue weighted by Crippen LogP contribution is 2.25. The lowest BCUT2D eigenvalue weighted by atomic mass is 9.97. The Morgan fingerprint density at radius 1 is 0.800 bits per heavy atom. The number of benzene rings is 3. The molecule has 0 radical (unpaired) electrons. The zero-order valence-electron chi connectivity index (χ0n) is 23.9. The Balaban J connectivity index is 1.07. The number of likely N-dealkylation sites (tertiary alicyclic amines) is 1. The summed E-state index contributed by atoms with van der Waals surface area (Å²) in [5, 5.41) is 0. The van der Waals surface area contributed by atoms with Crippen LogP contribution >= 0.6 is 0 Å². The fourth-order valence-electron chi connectivity index (χ4n) is 5.74. The third-order valence-corrected chi connectivity index (χ3v) is 8.02. The predicted octanol–water partition coefficient (Wildman–Crippen LogP) is 6.15. The first-order chi connectivity index (χ1) is 19.3. The molecule has 0 saturated carbocycles. The van der Waals surface area contributed by atoms with E-state index < -0.39 is 5.67 Å². The van der Waals surface area contributed by atoms with Gasteiger partial charge in [-0.2, -0.15) is 0 Å². The van der Waals surface area contributed by atoms with Crippen molar-refractivity contribution in [2.24, 2.45) is 5.92 Å². The van der Waals surface area contributed by atoms with Crippen LogP contribution in [0.25, 0.3) is 11.1 Å². The minimum atomic E-state index is -1.14. The molecule has 0 N–H and O–H groups in total. The first-order valence-electron chi connectivity index (χ1n) is 14.6. The number of ether oxygens (including phenoxy) is 1. The van der Waals surface area contributed by atoms with E-state index in [4.69, 9.17) is 4.74 Å². The van der Waals surface area contributed by atoms with Gasteiger partial charge in [0.25, 0.3) is 5.91 Å². The summed E-state index contributed by atoms with van der Waals surface area (Å²) in [5.41, 5.74) is 3.09. The van der Waals surface area contributed by atoms with Crippen LogP contribution in [0.3, 0.4) is 0 Å². The van der Waals surface area contributed by atoms with Gasteiger partial charge in [-0.1, -0.05) is 54.6 Å². The van der Waals surface area contributed by atoms with Crippen molar-refractivity contribution in [2.75, 3.05) is 52.4 Å². The summed E-state index contributed by atoms with van der Waals surface area (Å²) in [6.07, 6.45) is 2.09. The Bertz CT molecular complexity index is 1210. The van der Waals surface area contributed by atoms with Gasteiger partial charge in [0.1, 0.15) is 11.4 Å². The second-order valence-electron chi connectivity index (χ2n) is 11.9. The largest absolute Gasteiger partial charge is 0.493 e. The van der Waals surface area contributed by atoms with Crippen LogP contribution in [0.4, 0.5) is 4.39 Å². The standard InChI is InChI=1S/C34H42FN3O2/c1-34(2,35)26-37-18-16-28(17-19-37)25-40-32-14-12-30(13-15-32)29-8-10-31(11-9-29)33(39)38-22-20-36(21-23-38)24-27-6-4-3-5-7-27/h3-15,28H,16-26H2,1-2H3. The quantitative estimate of drug-likeness (QED) is 0.324. The predicted molar refractivity (Wildman–Crippen MR) is 159 cm³/mol. The molecule has 0 bridgehead atoms. The van der Waals surface area contributed by atoms with E-state index in [1.165, 1.54) is 5.56 Å². The van der Waals surface area contributed by atoms with Crippen LogP contribution < -0.4 is 4.74 Å². The van der Waals surface area contributed by atoms with Crippen LogP contribution in [-0.2, 0) is 6.54 Å². The molecule has 5 rings (SSSR count). The monoisotopic (exact) mass is 543 g/mol. The normalized spacial score (nSPS) is 17.6. The maximum atomic E-state index is 13.9. The third-order valence-electron chi connectivity index (χ3n) is 8.02. The number of halogens is 1. The molecule has 40 heavy (non-hydrogen) atoms. The summed E-state index contributed by atoms with van der Waals surface area (Å²) in [6, 6.07) is 26.6. The lowest BCUT2D eigenvalue weighted by Crippen LogP contribution is -2.48. The summed E-state index contributed by atoms with van der Waals surface area (Å²) in [4.78, 5) is 19.7. The first kappa shape index (κ1) is 28.3. The van der Waals surface area contributed by atoms with E-state index in [1.807, 2.05) is 47.4 Å². The number of carbonyl (C=O) groups excluding carboxylic acids is 1. The van der Waals surface area contributed by atoms with E-state index in [1.54, 1.807) is 13.8 Å². The molecule has 2 saturated heterocycles. The number of rotatable bonds is 9. The maximum Gasteiger partial charge on any atom is 0.253 e. The Kier molecular flexibility index (Phi) is 9.18. The van der Waals surface area contributed by atoms with Gasteiger partial charge in [0.15, 0.2) is 0 Å². The Morgan fingerprint density at radius 3 is 2.00 bits per heavy atom. The number of hydrogen-bond acceptors (Lipinski definition) is 4. The molecule has 212 valence electrons.